The highest BCUT2D eigenvalue weighted by Gasteiger charge is 2.30. The van der Waals surface area contributed by atoms with Gasteiger partial charge in [0.2, 0.25) is 5.91 Å². The average Bonchev–Trinajstić information content (AvgIpc) is 2.62. The van der Waals surface area contributed by atoms with Crippen LogP contribution in [0.25, 0.3) is 10.9 Å². The Bertz CT molecular complexity index is 786. The molecular formula is C20H23ClF3IN2O. The number of alkyl halides is 4. The Morgan fingerprint density at radius 2 is 1.86 bits per heavy atom. The van der Waals surface area contributed by atoms with Gasteiger partial charge in [-0.05, 0) is 53.6 Å². The van der Waals surface area contributed by atoms with Gasteiger partial charge in [0.15, 0.2) is 0 Å². The van der Waals surface area contributed by atoms with Gasteiger partial charge in [-0.25, -0.2) is 0 Å². The molecule has 154 valence electrons. The molecule has 0 fully saturated rings. The molecule has 1 unspecified atom stereocenters. The molecule has 1 aromatic carbocycles. The molecule has 1 atom stereocenters. The molecule has 0 saturated carbocycles. The van der Waals surface area contributed by atoms with Gasteiger partial charge in [-0.3, -0.25) is 9.78 Å². The van der Waals surface area contributed by atoms with E-state index in [1.54, 1.807) is 6.20 Å². The Morgan fingerprint density at radius 3 is 2.61 bits per heavy atom. The van der Waals surface area contributed by atoms with Crippen molar-refractivity contribution in [2.45, 2.75) is 62.9 Å². The van der Waals surface area contributed by atoms with E-state index in [9.17, 15) is 18.0 Å². The van der Waals surface area contributed by atoms with Crippen molar-refractivity contribution in [2.24, 2.45) is 0 Å². The van der Waals surface area contributed by atoms with Gasteiger partial charge in [0.1, 0.15) is 0 Å². The molecule has 28 heavy (non-hydrogen) atoms. The first-order valence-corrected chi connectivity index (χ1v) is 10.8. The maximum atomic E-state index is 12.2. The number of hydrogen-bond donors (Lipinski definition) is 1. The zero-order valence-corrected chi connectivity index (χ0v) is 18.3. The number of halogens is 5. The molecule has 1 aromatic heterocycles. The van der Waals surface area contributed by atoms with Crippen LogP contribution in [-0.4, -0.2) is 22.4 Å². The van der Waals surface area contributed by atoms with Gasteiger partial charge in [-0.1, -0.05) is 31.7 Å². The Kier molecular flexibility index (Phi) is 9.27. The van der Waals surface area contributed by atoms with E-state index in [2.05, 4.69) is 32.9 Å². The Morgan fingerprint density at radius 1 is 1.14 bits per heavy atom. The van der Waals surface area contributed by atoms with Crippen LogP contribution in [0.4, 0.5) is 18.9 Å². The number of carbonyl (C=O) groups excluding carboxylic acids is 1. The Hall–Kier alpha value is -1.09. The summed E-state index contributed by atoms with van der Waals surface area (Å²) in [5, 5.41) is 3.08. The third-order valence-corrected chi connectivity index (χ3v) is 5.68. The van der Waals surface area contributed by atoms with Crippen LogP contribution >= 0.6 is 34.2 Å². The Labute approximate surface area is 181 Å². The summed E-state index contributed by atoms with van der Waals surface area (Å²) < 4.78 is 37.7. The third kappa shape index (κ3) is 8.11. The molecule has 1 heterocycles. The number of rotatable bonds is 10. The standard InChI is InChI=1S/C20H23ClF3IN2O/c21-14(13-20(22,23)24)7-4-2-1-3-5-9-18(28)27-17-11-10-16(25)15-8-6-12-26-19(15)17/h6,8,10-12,14H,1-5,7,9,13H2,(H,27,28). The molecule has 0 spiro atoms. The van der Waals surface area contributed by atoms with Gasteiger partial charge in [-0.15, -0.1) is 11.6 Å². The zero-order valence-electron chi connectivity index (χ0n) is 15.4. The van der Waals surface area contributed by atoms with Crippen LogP contribution in [0.2, 0.25) is 0 Å². The molecular weight excluding hydrogens is 504 g/mol. The molecule has 0 aliphatic carbocycles. The molecule has 2 rings (SSSR count). The Balaban J connectivity index is 1.64. The molecule has 1 N–H and O–H groups in total. The van der Waals surface area contributed by atoms with Crippen molar-refractivity contribution in [2.75, 3.05) is 5.32 Å². The minimum Gasteiger partial charge on any atom is -0.324 e. The first-order chi connectivity index (χ1) is 13.3. The van der Waals surface area contributed by atoms with Crippen molar-refractivity contribution in [3.8, 4) is 0 Å². The average molecular weight is 527 g/mol. The molecule has 0 saturated heterocycles. The van der Waals surface area contributed by atoms with E-state index >= 15 is 0 Å². The summed E-state index contributed by atoms with van der Waals surface area (Å²) in [6.07, 6.45) is 1.35. The molecule has 2 aromatic rings. The number of pyridine rings is 1. The smallest absolute Gasteiger partial charge is 0.324 e. The normalized spacial score (nSPS) is 12.9. The number of fused-ring (bicyclic) bond motifs is 1. The topological polar surface area (TPSA) is 42.0 Å². The van der Waals surface area contributed by atoms with Crippen molar-refractivity contribution in [3.63, 3.8) is 0 Å². The predicted molar refractivity (Wildman–Crippen MR) is 116 cm³/mol. The van der Waals surface area contributed by atoms with Gasteiger partial charge in [0, 0.05) is 27.0 Å². The number of hydrogen-bond acceptors (Lipinski definition) is 2. The first kappa shape index (κ1) is 23.2. The van der Waals surface area contributed by atoms with Crippen molar-refractivity contribution in [1.29, 1.82) is 0 Å². The fourth-order valence-corrected chi connectivity index (χ4v) is 3.93. The summed E-state index contributed by atoms with van der Waals surface area (Å²) in [7, 11) is 0. The van der Waals surface area contributed by atoms with Crippen LogP contribution < -0.4 is 5.32 Å². The van der Waals surface area contributed by atoms with E-state index < -0.39 is 18.0 Å². The fraction of sp³-hybridized carbons (Fsp3) is 0.500. The molecule has 1 amide bonds. The van der Waals surface area contributed by atoms with Crippen LogP contribution in [0.1, 0.15) is 51.4 Å². The van der Waals surface area contributed by atoms with E-state index in [-0.39, 0.29) is 5.91 Å². The van der Waals surface area contributed by atoms with Gasteiger partial charge in [0.05, 0.1) is 17.6 Å². The van der Waals surface area contributed by atoms with Gasteiger partial charge in [-0.2, -0.15) is 13.2 Å². The van der Waals surface area contributed by atoms with E-state index in [4.69, 9.17) is 11.6 Å². The maximum absolute atomic E-state index is 12.2. The molecule has 3 nitrogen and oxygen atoms in total. The second-order valence-electron chi connectivity index (χ2n) is 6.77. The molecule has 0 aliphatic rings. The number of carbonyl (C=O) groups is 1. The number of aromatic nitrogens is 1. The predicted octanol–water partition coefficient (Wildman–Crippen LogP) is 7.07. The van der Waals surface area contributed by atoms with Crippen LogP contribution in [0.3, 0.4) is 0 Å². The van der Waals surface area contributed by atoms with E-state index in [0.29, 0.717) is 24.9 Å². The van der Waals surface area contributed by atoms with Crippen LogP contribution in [0.5, 0.6) is 0 Å². The number of amides is 1. The summed E-state index contributed by atoms with van der Waals surface area (Å²) in [6, 6.07) is 7.65. The number of anilines is 1. The van der Waals surface area contributed by atoms with Gasteiger partial charge in [0.25, 0.3) is 0 Å². The lowest BCUT2D eigenvalue weighted by atomic mass is 10.1. The van der Waals surface area contributed by atoms with Crippen LogP contribution in [-0.2, 0) is 4.79 Å². The second kappa shape index (κ2) is 11.2. The minimum atomic E-state index is -4.20. The monoisotopic (exact) mass is 526 g/mol. The zero-order chi connectivity index (χ0) is 20.6. The van der Waals surface area contributed by atoms with E-state index in [1.807, 2.05) is 24.3 Å². The summed E-state index contributed by atoms with van der Waals surface area (Å²) in [4.78, 5) is 16.5. The third-order valence-electron chi connectivity index (χ3n) is 4.36. The molecule has 8 heteroatoms. The maximum Gasteiger partial charge on any atom is 0.390 e. The van der Waals surface area contributed by atoms with Crippen molar-refractivity contribution < 1.29 is 18.0 Å². The fourth-order valence-electron chi connectivity index (χ4n) is 2.99. The van der Waals surface area contributed by atoms with E-state index in [0.717, 1.165) is 40.2 Å². The highest BCUT2D eigenvalue weighted by Crippen LogP contribution is 2.27. The quantitative estimate of drug-likeness (QED) is 0.204. The van der Waals surface area contributed by atoms with Crippen molar-refractivity contribution in [1.82, 2.24) is 4.98 Å². The number of nitrogens with one attached hydrogen (secondary N) is 1. The number of unbranched alkanes of at least 4 members (excludes halogenated alkanes) is 4. The lowest BCUT2D eigenvalue weighted by Gasteiger charge is -2.11. The summed E-state index contributed by atoms with van der Waals surface area (Å²) in [5.74, 6) is -0.0563. The molecule has 0 aliphatic heterocycles. The summed E-state index contributed by atoms with van der Waals surface area (Å²) >= 11 is 7.94. The lowest BCUT2D eigenvalue weighted by Crippen LogP contribution is -2.15. The van der Waals surface area contributed by atoms with E-state index in [1.165, 1.54) is 0 Å². The largest absolute Gasteiger partial charge is 0.390 e. The number of nitrogens with zero attached hydrogens (tertiary/aromatic N) is 1. The highest BCUT2D eigenvalue weighted by atomic mass is 127. The minimum absolute atomic E-state index is 0.0563. The molecule has 0 bridgehead atoms. The first-order valence-electron chi connectivity index (χ1n) is 9.30. The van der Waals surface area contributed by atoms with Gasteiger partial charge >= 0.3 is 6.18 Å². The van der Waals surface area contributed by atoms with Crippen molar-refractivity contribution in [3.05, 3.63) is 34.0 Å². The SMILES string of the molecule is O=C(CCCCCCCC(Cl)CC(F)(F)F)Nc1ccc(I)c2cccnc12. The van der Waals surface area contributed by atoms with Crippen LogP contribution in [0.15, 0.2) is 30.5 Å². The number of benzene rings is 1. The second-order valence-corrected chi connectivity index (χ2v) is 8.55. The summed E-state index contributed by atoms with van der Waals surface area (Å²) in [5.41, 5.74) is 1.48. The van der Waals surface area contributed by atoms with Gasteiger partial charge < -0.3 is 5.32 Å². The van der Waals surface area contributed by atoms with Crippen LogP contribution in [0, 0.1) is 3.57 Å². The highest BCUT2D eigenvalue weighted by molar-refractivity contribution is 14.1. The molecule has 0 radical (unpaired) electrons. The van der Waals surface area contributed by atoms with Crippen molar-refractivity contribution >= 4 is 56.7 Å². The summed E-state index contributed by atoms with van der Waals surface area (Å²) in [6.45, 7) is 0. The lowest BCUT2D eigenvalue weighted by molar-refractivity contribution is -0.134.